The van der Waals surface area contributed by atoms with Crippen molar-refractivity contribution < 1.29 is 9.50 Å². The summed E-state index contributed by atoms with van der Waals surface area (Å²) < 4.78 is 13.4. The molecular formula is C20H22FNOS. The fourth-order valence-corrected chi connectivity index (χ4v) is 4.48. The topological polar surface area (TPSA) is 33.1 Å². The van der Waals surface area contributed by atoms with E-state index in [2.05, 4.69) is 27.7 Å². The molecule has 0 fully saturated rings. The average molecular weight is 343 g/mol. The molecule has 0 atom stereocenters. The molecule has 2 heterocycles. The number of aliphatic hydroxyl groups excluding tert-OH is 1. The molecule has 0 bridgehead atoms. The summed E-state index contributed by atoms with van der Waals surface area (Å²) in [6.45, 7) is 8.36. The van der Waals surface area contributed by atoms with Crippen LogP contribution in [0.25, 0.3) is 21.3 Å². The van der Waals surface area contributed by atoms with Gasteiger partial charge in [0.15, 0.2) is 0 Å². The average Bonchev–Trinajstić information content (AvgIpc) is 2.88. The number of aryl methyl sites for hydroxylation is 2. The minimum absolute atomic E-state index is 0.0682. The second-order valence-electron chi connectivity index (χ2n) is 6.34. The van der Waals surface area contributed by atoms with E-state index in [4.69, 9.17) is 4.98 Å². The Morgan fingerprint density at radius 2 is 1.83 bits per heavy atom. The van der Waals surface area contributed by atoms with Gasteiger partial charge in [0, 0.05) is 15.8 Å². The standard InChI is InChI=1S/C20H22FNOS/c1-5-15-12(4)24-20-18(15)17(13-6-8-14(21)9-7-13)16(10-23)19(22-20)11(2)3/h6-9,11,23H,5,10H2,1-4H3. The number of aromatic nitrogens is 1. The highest BCUT2D eigenvalue weighted by molar-refractivity contribution is 7.18. The number of fused-ring (bicyclic) bond motifs is 1. The number of halogens is 1. The largest absolute Gasteiger partial charge is 0.392 e. The molecule has 2 aromatic heterocycles. The lowest BCUT2D eigenvalue weighted by atomic mass is 9.91. The van der Waals surface area contributed by atoms with Gasteiger partial charge in [-0.1, -0.05) is 32.9 Å². The molecule has 0 amide bonds. The molecule has 24 heavy (non-hydrogen) atoms. The zero-order valence-corrected chi connectivity index (χ0v) is 15.3. The summed E-state index contributed by atoms with van der Waals surface area (Å²) in [6.07, 6.45) is 0.910. The Labute approximate surface area is 146 Å². The van der Waals surface area contributed by atoms with Crippen molar-refractivity contribution in [1.82, 2.24) is 4.98 Å². The molecule has 0 aliphatic rings. The normalized spacial score (nSPS) is 11.6. The molecule has 126 valence electrons. The summed E-state index contributed by atoms with van der Waals surface area (Å²) in [5, 5.41) is 11.2. The molecule has 0 spiro atoms. The van der Waals surface area contributed by atoms with Crippen LogP contribution in [0.4, 0.5) is 4.39 Å². The number of hydrogen-bond acceptors (Lipinski definition) is 3. The maximum absolute atomic E-state index is 13.4. The molecular weight excluding hydrogens is 321 g/mol. The summed E-state index contributed by atoms with van der Waals surface area (Å²) in [5.74, 6) is -0.0425. The van der Waals surface area contributed by atoms with Crippen molar-refractivity contribution in [1.29, 1.82) is 0 Å². The summed E-state index contributed by atoms with van der Waals surface area (Å²) in [7, 11) is 0. The summed E-state index contributed by atoms with van der Waals surface area (Å²) >= 11 is 1.70. The highest BCUT2D eigenvalue weighted by atomic mass is 32.1. The van der Waals surface area contributed by atoms with Crippen LogP contribution in [-0.2, 0) is 13.0 Å². The molecule has 2 nitrogen and oxygen atoms in total. The van der Waals surface area contributed by atoms with E-state index in [1.54, 1.807) is 23.5 Å². The monoisotopic (exact) mass is 343 g/mol. The predicted octanol–water partition coefficient (Wildman–Crippen LogP) is 5.59. The number of benzene rings is 1. The van der Waals surface area contributed by atoms with E-state index in [9.17, 15) is 9.50 Å². The molecule has 4 heteroatoms. The molecule has 0 unspecified atom stereocenters. The van der Waals surface area contributed by atoms with Crippen molar-refractivity contribution in [3.05, 3.63) is 51.8 Å². The number of thiophene rings is 1. The molecule has 1 N–H and O–H groups in total. The van der Waals surface area contributed by atoms with Crippen LogP contribution in [0.3, 0.4) is 0 Å². The van der Waals surface area contributed by atoms with Gasteiger partial charge >= 0.3 is 0 Å². The Hall–Kier alpha value is -1.78. The van der Waals surface area contributed by atoms with E-state index in [-0.39, 0.29) is 18.3 Å². The second kappa shape index (κ2) is 6.61. The van der Waals surface area contributed by atoms with Crippen LogP contribution in [0, 0.1) is 12.7 Å². The van der Waals surface area contributed by atoms with Crippen LogP contribution in [0.1, 0.15) is 48.4 Å². The van der Waals surface area contributed by atoms with Crippen molar-refractivity contribution in [2.45, 2.75) is 46.6 Å². The van der Waals surface area contributed by atoms with Crippen molar-refractivity contribution >= 4 is 21.6 Å². The Kier molecular flexibility index (Phi) is 4.70. The van der Waals surface area contributed by atoms with Crippen molar-refractivity contribution in [3.8, 4) is 11.1 Å². The van der Waals surface area contributed by atoms with Gasteiger partial charge in [0.2, 0.25) is 0 Å². The van der Waals surface area contributed by atoms with Gasteiger partial charge in [-0.05, 0) is 48.1 Å². The number of hydrogen-bond donors (Lipinski definition) is 1. The first-order valence-electron chi connectivity index (χ1n) is 8.29. The van der Waals surface area contributed by atoms with E-state index in [0.29, 0.717) is 0 Å². The Morgan fingerprint density at radius 1 is 1.17 bits per heavy atom. The molecule has 0 aliphatic heterocycles. The van der Waals surface area contributed by atoms with E-state index in [0.717, 1.165) is 39.0 Å². The summed E-state index contributed by atoms with van der Waals surface area (Å²) in [6, 6.07) is 6.53. The molecule has 3 aromatic rings. The van der Waals surface area contributed by atoms with E-state index < -0.39 is 0 Å². The predicted molar refractivity (Wildman–Crippen MR) is 99.1 cm³/mol. The Balaban J connectivity index is 2.47. The van der Waals surface area contributed by atoms with Gasteiger partial charge in [-0.2, -0.15) is 0 Å². The van der Waals surface area contributed by atoms with Gasteiger partial charge < -0.3 is 5.11 Å². The summed E-state index contributed by atoms with van der Waals surface area (Å²) in [5.41, 5.74) is 4.99. The minimum atomic E-state index is -0.254. The molecule has 0 aliphatic carbocycles. The first kappa shape index (κ1) is 17.1. The third-order valence-electron chi connectivity index (χ3n) is 4.46. The number of aliphatic hydroxyl groups is 1. The number of nitrogens with zero attached hydrogens (tertiary/aromatic N) is 1. The van der Waals surface area contributed by atoms with Gasteiger partial charge in [0.05, 0.1) is 12.3 Å². The molecule has 0 radical (unpaired) electrons. The maximum atomic E-state index is 13.4. The van der Waals surface area contributed by atoms with Crippen LogP contribution in [0.5, 0.6) is 0 Å². The van der Waals surface area contributed by atoms with Gasteiger partial charge in [-0.3, -0.25) is 0 Å². The third kappa shape index (κ3) is 2.74. The molecule has 0 saturated heterocycles. The zero-order valence-electron chi connectivity index (χ0n) is 14.5. The summed E-state index contributed by atoms with van der Waals surface area (Å²) in [4.78, 5) is 7.12. The van der Waals surface area contributed by atoms with Gasteiger partial charge in [0.1, 0.15) is 10.6 Å². The van der Waals surface area contributed by atoms with Crippen molar-refractivity contribution in [2.75, 3.05) is 0 Å². The first-order valence-corrected chi connectivity index (χ1v) is 9.11. The zero-order chi connectivity index (χ0) is 17.4. The van der Waals surface area contributed by atoms with Gasteiger partial charge in [-0.15, -0.1) is 11.3 Å². The van der Waals surface area contributed by atoms with Gasteiger partial charge in [0.25, 0.3) is 0 Å². The van der Waals surface area contributed by atoms with Crippen LogP contribution in [0.2, 0.25) is 0 Å². The molecule has 0 saturated carbocycles. The highest BCUT2D eigenvalue weighted by Crippen LogP contribution is 2.41. The van der Waals surface area contributed by atoms with Gasteiger partial charge in [-0.25, -0.2) is 9.37 Å². The Bertz CT molecular complexity index is 881. The number of rotatable bonds is 4. The second-order valence-corrected chi connectivity index (χ2v) is 7.54. The van der Waals surface area contributed by atoms with Crippen LogP contribution >= 0.6 is 11.3 Å². The van der Waals surface area contributed by atoms with Crippen LogP contribution < -0.4 is 0 Å². The third-order valence-corrected chi connectivity index (χ3v) is 5.51. The van der Waals surface area contributed by atoms with E-state index >= 15 is 0 Å². The van der Waals surface area contributed by atoms with Crippen LogP contribution in [-0.4, -0.2) is 10.1 Å². The first-order chi connectivity index (χ1) is 11.5. The van der Waals surface area contributed by atoms with E-state index in [1.807, 2.05) is 0 Å². The lowest BCUT2D eigenvalue weighted by molar-refractivity contribution is 0.280. The van der Waals surface area contributed by atoms with E-state index in [1.165, 1.54) is 22.6 Å². The Morgan fingerprint density at radius 3 is 2.38 bits per heavy atom. The smallest absolute Gasteiger partial charge is 0.124 e. The van der Waals surface area contributed by atoms with Crippen LogP contribution in [0.15, 0.2) is 24.3 Å². The quantitative estimate of drug-likeness (QED) is 0.670. The van der Waals surface area contributed by atoms with Crippen molar-refractivity contribution in [3.63, 3.8) is 0 Å². The lowest BCUT2D eigenvalue weighted by Crippen LogP contribution is -2.04. The van der Waals surface area contributed by atoms with Crippen molar-refractivity contribution in [2.24, 2.45) is 0 Å². The molecule has 3 rings (SSSR count). The number of pyridine rings is 1. The molecule has 1 aromatic carbocycles. The minimum Gasteiger partial charge on any atom is -0.392 e. The fraction of sp³-hybridized carbons (Fsp3) is 0.350. The lowest BCUT2D eigenvalue weighted by Gasteiger charge is -2.17. The fourth-order valence-electron chi connectivity index (χ4n) is 3.35. The SMILES string of the molecule is CCc1c(C)sc2nc(C(C)C)c(CO)c(-c3ccc(F)cc3)c12. The highest BCUT2D eigenvalue weighted by Gasteiger charge is 2.22. The maximum Gasteiger partial charge on any atom is 0.124 e.